The Morgan fingerprint density at radius 2 is 1.72 bits per heavy atom. The first-order valence-electron chi connectivity index (χ1n) is 12.2. The summed E-state index contributed by atoms with van der Waals surface area (Å²) in [7, 11) is 1.59. The fraction of sp³-hybridized carbons (Fsp3) is 0.267. The highest BCUT2D eigenvalue weighted by molar-refractivity contribution is 6.10. The number of benzene rings is 3. The summed E-state index contributed by atoms with van der Waals surface area (Å²) in [6.45, 7) is 6.85. The van der Waals surface area contributed by atoms with Gasteiger partial charge in [0.05, 0.1) is 30.7 Å². The van der Waals surface area contributed by atoms with E-state index >= 15 is 0 Å². The SMILES string of the molecule is COc1cc(C2c3c(oc4ccccc4c3=O)C(=O)N2c2ccc(C)cc2)ccc1OCCC(C)C. The molecule has 184 valence electrons. The van der Waals surface area contributed by atoms with Crippen LogP contribution in [0.25, 0.3) is 11.0 Å². The third kappa shape index (κ3) is 4.13. The number of nitrogens with zero attached hydrogens (tertiary/aromatic N) is 1. The van der Waals surface area contributed by atoms with Crippen molar-refractivity contribution in [3.63, 3.8) is 0 Å². The van der Waals surface area contributed by atoms with Gasteiger partial charge in [-0.15, -0.1) is 0 Å². The van der Waals surface area contributed by atoms with E-state index in [4.69, 9.17) is 13.9 Å². The fourth-order valence-electron chi connectivity index (χ4n) is 4.58. The molecule has 5 rings (SSSR count). The Bertz CT molecular complexity index is 1490. The molecule has 0 spiro atoms. The first-order chi connectivity index (χ1) is 17.4. The maximum absolute atomic E-state index is 13.7. The average Bonchev–Trinajstić information content (AvgIpc) is 3.17. The van der Waals surface area contributed by atoms with E-state index in [0.717, 1.165) is 17.5 Å². The van der Waals surface area contributed by atoms with Crippen LogP contribution in [-0.4, -0.2) is 19.6 Å². The van der Waals surface area contributed by atoms with Gasteiger partial charge in [-0.25, -0.2) is 0 Å². The van der Waals surface area contributed by atoms with E-state index in [2.05, 4.69) is 13.8 Å². The van der Waals surface area contributed by atoms with E-state index < -0.39 is 6.04 Å². The highest BCUT2D eigenvalue weighted by Gasteiger charge is 2.43. The van der Waals surface area contributed by atoms with Crippen molar-refractivity contribution in [2.24, 2.45) is 5.92 Å². The molecule has 0 saturated heterocycles. The van der Waals surface area contributed by atoms with Gasteiger partial charge < -0.3 is 13.9 Å². The van der Waals surface area contributed by atoms with Gasteiger partial charge in [0.2, 0.25) is 5.76 Å². The molecule has 2 heterocycles. The molecular weight excluding hydrogens is 454 g/mol. The number of fused-ring (bicyclic) bond motifs is 2. The first-order valence-corrected chi connectivity index (χ1v) is 12.2. The van der Waals surface area contributed by atoms with Crippen LogP contribution in [0.15, 0.2) is 75.9 Å². The quantitative estimate of drug-likeness (QED) is 0.309. The fourth-order valence-corrected chi connectivity index (χ4v) is 4.58. The smallest absolute Gasteiger partial charge is 0.295 e. The lowest BCUT2D eigenvalue weighted by Gasteiger charge is -2.26. The number of carbonyl (C=O) groups is 1. The molecular formula is C30H29NO5. The molecule has 0 saturated carbocycles. The van der Waals surface area contributed by atoms with E-state index in [0.29, 0.717) is 46.2 Å². The van der Waals surface area contributed by atoms with Gasteiger partial charge >= 0.3 is 0 Å². The van der Waals surface area contributed by atoms with Crippen molar-refractivity contribution in [1.29, 1.82) is 0 Å². The van der Waals surface area contributed by atoms with Gasteiger partial charge in [0.1, 0.15) is 5.58 Å². The summed E-state index contributed by atoms with van der Waals surface area (Å²) in [5.74, 6) is 1.41. The van der Waals surface area contributed by atoms with Gasteiger partial charge in [-0.1, -0.05) is 49.7 Å². The molecule has 1 aliphatic rings. The van der Waals surface area contributed by atoms with Gasteiger partial charge in [0.25, 0.3) is 5.91 Å². The van der Waals surface area contributed by atoms with Crippen molar-refractivity contribution in [2.45, 2.75) is 33.2 Å². The van der Waals surface area contributed by atoms with E-state index in [-0.39, 0.29) is 17.1 Å². The number of aryl methyl sites for hydroxylation is 1. The number of ether oxygens (including phenoxy) is 2. The molecule has 4 aromatic rings. The van der Waals surface area contributed by atoms with Crippen molar-refractivity contribution in [3.05, 3.63) is 99.4 Å². The minimum Gasteiger partial charge on any atom is -0.493 e. The van der Waals surface area contributed by atoms with Crippen molar-refractivity contribution < 1.29 is 18.7 Å². The zero-order chi connectivity index (χ0) is 25.4. The molecule has 1 unspecified atom stereocenters. The Labute approximate surface area is 210 Å². The van der Waals surface area contributed by atoms with E-state index in [1.165, 1.54) is 0 Å². The number of para-hydroxylation sites is 1. The zero-order valence-electron chi connectivity index (χ0n) is 20.9. The maximum atomic E-state index is 13.7. The Morgan fingerprint density at radius 1 is 0.972 bits per heavy atom. The van der Waals surface area contributed by atoms with E-state index in [1.54, 1.807) is 36.3 Å². The molecule has 1 aromatic heterocycles. The van der Waals surface area contributed by atoms with Crippen molar-refractivity contribution in [2.75, 3.05) is 18.6 Å². The number of anilines is 1. The summed E-state index contributed by atoms with van der Waals surface area (Å²) >= 11 is 0. The molecule has 0 aliphatic carbocycles. The number of hydrogen-bond acceptors (Lipinski definition) is 5. The lowest BCUT2D eigenvalue weighted by Crippen LogP contribution is -2.29. The molecule has 0 bridgehead atoms. The van der Waals surface area contributed by atoms with Crippen LogP contribution in [0.5, 0.6) is 11.5 Å². The molecule has 6 nitrogen and oxygen atoms in total. The van der Waals surface area contributed by atoms with Crippen molar-refractivity contribution >= 4 is 22.6 Å². The molecule has 36 heavy (non-hydrogen) atoms. The molecule has 0 radical (unpaired) electrons. The monoisotopic (exact) mass is 483 g/mol. The first kappa shape index (κ1) is 23.7. The summed E-state index contributed by atoms with van der Waals surface area (Å²) in [5.41, 5.74) is 3.00. The average molecular weight is 484 g/mol. The Balaban J connectivity index is 1.67. The Hall–Kier alpha value is -4.06. The largest absolute Gasteiger partial charge is 0.493 e. The van der Waals surface area contributed by atoms with Crippen LogP contribution in [0.3, 0.4) is 0 Å². The van der Waals surface area contributed by atoms with E-state index in [9.17, 15) is 9.59 Å². The minimum atomic E-state index is -0.672. The number of amides is 1. The topological polar surface area (TPSA) is 69.0 Å². The van der Waals surface area contributed by atoms with Crippen molar-refractivity contribution in [1.82, 2.24) is 0 Å². The normalized spacial score (nSPS) is 15.0. The van der Waals surface area contributed by atoms with Gasteiger partial charge in [0, 0.05) is 5.69 Å². The number of hydrogen-bond donors (Lipinski definition) is 0. The zero-order valence-corrected chi connectivity index (χ0v) is 20.9. The summed E-state index contributed by atoms with van der Waals surface area (Å²) in [5, 5.41) is 0.445. The predicted molar refractivity (Wildman–Crippen MR) is 140 cm³/mol. The lowest BCUT2D eigenvalue weighted by molar-refractivity contribution is 0.0971. The minimum absolute atomic E-state index is 0.0699. The summed E-state index contributed by atoms with van der Waals surface area (Å²) in [6, 6.07) is 19.6. The predicted octanol–water partition coefficient (Wildman–Crippen LogP) is 6.28. The van der Waals surface area contributed by atoms with E-state index in [1.807, 2.05) is 49.4 Å². The summed E-state index contributed by atoms with van der Waals surface area (Å²) in [6.07, 6.45) is 0.921. The second-order valence-corrected chi connectivity index (χ2v) is 9.52. The van der Waals surface area contributed by atoms with Gasteiger partial charge in [0.15, 0.2) is 16.9 Å². The molecule has 1 atom stereocenters. The van der Waals surface area contributed by atoms with Gasteiger partial charge in [-0.3, -0.25) is 14.5 Å². The van der Waals surface area contributed by atoms with Crippen LogP contribution in [0.2, 0.25) is 0 Å². The molecule has 6 heteroatoms. The second kappa shape index (κ2) is 9.53. The van der Waals surface area contributed by atoms with Crippen LogP contribution in [-0.2, 0) is 0 Å². The third-order valence-corrected chi connectivity index (χ3v) is 6.55. The van der Waals surface area contributed by atoms with Crippen LogP contribution >= 0.6 is 0 Å². The number of rotatable bonds is 7. The third-order valence-electron chi connectivity index (χ3n) is 6.55. The second-order valence-electron chi connectivity index (χ2n) is 9.52. The summed E-state index contributed by atoms with van der Waals surface area (Å²) in [4.78, 5) is 29.1. The van der Waals surface area contributed by atoms with Gasteiger partial charge in [-0.05, 0) is 61.2 Å². The molecule has 1 aliphatic heterocycles. The van der Waals surface area contributed by atoms with Crippen LogP contribution in [0, 0.1) is 12.8 Å². The van der Waals surface area contributed by atoms with Crippen LogP contribution in [0.1, 0.15) is 53.6 Å². The lowest BCUT2D eigenvalue weighted by atomic mass is 9.97. The van der Waals surface area contributed by atoms with Crippen LogP contribution < -0.4 is 19.8 Å². The van der Waals surface area contributed by atoms with Crippen LogP contribution in [0.4, 0.5) is 5.69 Å². The molecule has 0 N–H and O–H groups in total. The molecule has 1 amide bonds. The highest BCUT2D eigenvalue weighted by Crippen LogP contribution is 2.43. The Kier molecular flexibility index (Phi) is 6.27. The summed E-state index contributed by atoms with van der Waals surface area (Å²) < 4.78 is 17.6. The number of methoxy groups -OCH3 is 1. The maximum Gasteiger partial charge on any atom is 0.295 e. The standard InChI is InChI=1S/C30H29NO5/c1-18(2)15-16-35-24-14-11-20(17-25(24)34-4)27-26-28(32)22-7-5-6-8-23(22)36-29(26)30(33)31(27)21-12-9-19(3)10-13-21/h5-14,17-18,27H,15-16H2,1-4H3. The highest BCUT2D eigenvalue weighted by atomic mass is 16.5. The number of carbonyl (C=O) groups excluding carboxylic acids is 1. The van der Waals surface area contributed by atoms with Gasteiger partial charge in [-0.2, -0.15) is 0 Å². The molecule has 3 aromatic carbocycles. The van der Waals surface area contributed by atoms with Crippen molar-refractivity contribution in [3.8, 4) is 11.5 Å². The molecule has 0 fully saturated rings. The Morgan fingerprint density at radius 3 is 2.44 bits per heavy atom.